The van der Waals surface area contributed by atoms with Crippen molar-refractivity contribution < 1.29 is 0 Å². The number of hydrogen-bond acceptors (Lipinski definition) is 2. The Morgan fingerprint density at radius 1 is 1.44 bits per heavy atom. The van der Waals surface area contributed by atoms with Crippen molar-refractivity contribution in [1.29, 1.82) is 0 Å². The number of hydrogen-bond donors (Lipinski definition) is 1. The Hall–Kier alpha value is -0.830. The van der Waals surface area contributed by atoms with E-state index in [1.54, 1.807) is 0 Å². The first-order valence-corrected chi connectivity index (χ1v) is 7.28. The molecule has 0 aromatic carbocycles. The van der Waals surface area contributed by atoms with Crippen molar-refractivity contribution in [3.05, 3.63) is 17.5 Å². The van der Waals surface area contributed by atoms with Crippen molar-refractivity contribution in [2.45, 2.75) is 52.4 Å². The summed E-state index contributed by atoms with van der Waals surface area (Å²) in [5.41, 5.74) is 8.88. The van der Waals surface area contributed by atoms with E-state index in [9.17, 15) is 0 Å². The molecule has 2 rings (SSSR count). The van der Waals surface area contributed by atoms with E-state index in [0.717, 1.165) is 24.6 Å². The molecule has 3 heteroatoms. The van der Waals surface area contributed by atoms with E-state index in [0.29, 0.717) is 5.41 Å². The van der Waals surface area contributed by atoms with Crippen LogP contribution in [-0.4, -0.2) is 16.3 Å². The SMILES string of the molecule is CCC1CCC(CN)(Cc2cc(C)nn2C)CC1. The lowest BCUT2D eigenvalue weighted by Crippen LogP contribution is -2.37. The van der Waals surface area contributed by atoms with Crippen LogP contribution in [0, 0.1) is 18.3 Å². The highest BCUT2D eigenvalue weighted by Gasteiger charge is 2.34. The number of nitrogens with two attached hydrogens (primary N) is 1. The fraction of sp³-hybridized carbons (Fsp3) is 0.800. The second kappa shape index (κ2) is 5.43. The van der Waals surface area contributed by atoms with Gasteiger partial charge in [-0.1, -0.05) is 13.3 Å². The highest BCUT2D eigenvalue weighted by molar-refractivity contribution is 5.11. The molecule has 18 heavy (non-hydrogen) atoms. The summed E-state index contributed by atoms with van der Waals surface area (Å²) in [6, 6.07) is 2.21. The maximum absolute atomic E-state index is 6.10. The average molecular weight is 249 g/mol. The fourth-order valence-electron chi connectivity index (χ4n) is 3.37. The second-order valence-electron chi connectivity index (χ2n) is 6.13. The molecular weight excluding hydrogens is 222 g/mol. The first-order chi connectivity index (χ1) is 8.58. The van der Waals surface area contributed by atoms with Gasteiger partial charge in [-0.15, -0.1) is 0 Å². The molecule has 1 aromatic heterocycles. The van der Waals surface area contributed by atoms with Gasteiger partial charge in [-0.2, -0.15) is 5.10 Å². The molecule has 0 saturated heterocycles. The molecule has 0 amide bonds. The summed E-state index contributed by atoms with van der Waals surface area (Å²) in [7, 11) is 2.05. The van der Waals surface area contributed by atoms with Gasteiger partial charge < -0.3 is 5.73 Å². The smallest absolute Gasteiger partial charge is 0.0596 e. The summed E-state index contributed by atoms with van der Waals surface area (Å²) in [5.74, 6) is 0.929. The van der Waals surface area contributed by atoms with Gasteiger partial charge in [0.25, 0.3) is 0 Å². The van der Waals surface area contributed by atoms with Crippen molar-refractivity contribution in [3.63, 3.8) is 0 Å². The molecule has 102 valence electrons. The third-order valence-electron chi connectivity index (χ3n) is 4.83. The predicted molar refractivity (Wildman–Crippen MR) is 75.4 cm³/mol. The molecule has 0 bridgehead atoms. The summed E-state index contributed by atoms with van der Waals surface area (Å²) in [5, 5.41) is 4.45. The fourth-order valence-corrected chi connectivity index (χ4v) is 3.37. The predicted octanol–water partition coefficient (Wildman–Crippen LogP) is 2.82. The lowest BCUT2D eigenvalue weighted by Gasteiger charge is -2.39. The van der Waals surface area contributed by atoms with Crippen LogP contribution < -0.4 is 5.73 Å². The average Bonchev–Trinajstić information content (AvgIpc) is 2.68. The molecule has 2 N–H and O–H groups in total. The summed E-state index contributed by atoms with van der Waals surface area (Å²) in [6.45, 7) is 5.19. The number of rotatable bonds is 4. The number of nitrogens with zero attached hydrogens (tertiary/aromatic N) is 2. The van der Waals surface area contributed by atoms with Gasteiger partial charge in [-0.25, -0.2) is 0 Å². The zero-order valence-electron chi connectivity index (χ0n) is 12.1. The third kappa shape index (κ3) is 2.77. The first kappa shape index (κ1) is 13.6. The van der Waals surface area contributed by atoms with E-state index in [2.05, 4.69) is 25.0 Å². The molecule has 0 radical (unpaired) electrons. The molecule has 1 aliphatic carbocycles. The van der Waals surface area contributed by atoms with Gasteiger partial charge in [-0.05, 0) is 63.0 Å². The minimum Gasteiger partial charge on any atom is -0.330 e. The Labute approximate surface area is 111 Å². The maximum Gasteiger partial charge on any atom is 0.0596 e. The van der Waals surface area contributed by atoms with Crippen LogP contribution in [0.1, 0.15) is 50.4 Å². The molecule has 0 unspecified atom stereocenters. The van der Waals surface area contributed by atoms with Crippen LogP contribution in [0.5, 0.6) is 0 Å². The van der Waals surface area contributed by atoms with Gasteiger partial charge in [0.1, 0.15) is 0 Å². The molecule has 1 aromatic rings. The lowest BCUT2D eigenvalue weighted by molar-refractivity contribution is 0.151. The van der Waals surface area contributed by atoms with E-state index in [4.69, 9.17) is 5.73 Å². The maximum atomic E-state index is 6.10. The van der Waals surface area contributed by atoms with Crippen LogP contribution in [0.3, 0.4) is 0 Å². The normalized spacial score (nSPS) is 28.6. The molecule has 1 saturated carbocycles. The molecular formula is C15H27N3. The van der Waals surface area contributed by atoms with Crippen LogP contribution in [0.25, 0.3) is 0 Å². The minimum atomic E-state index is 0.325. The van der Waals surface area contributed by atoms with Gasteiger partial charge >= 0.3 is 0 Å². The Kier molecular flexibility index (Phi) is 4.10. The van der Waals surface area contributed by atoms with Crippen LogP contribution in [-0.2, 0) is 13.5 Å². The summed E-state index contributed by atoms with van der Waals surface area (Å²) in [4.78, 5) is 0. The van der Waals surface area contributed by atoms with E-state index < -0.39 is 0 Å². The van der Waals surface area contributed by atoms with Crippen molar-refractivity contribution in [2.24, 2.45) is 24.1 Å². The molecule has 0 spiro atoms. The van der Waals surface area contributed by atoms with Gasteiger partial charge in [-0.3, -0.25) is 4.68 Å². The Morgan fingerprint density at radius 3 is 2.56 bits per heavy atom. The summed E-state index contributed by atoms with van der Waals surface area (Å²) >= 11 is 0. The van der Waals surface area contributed by atoms with Crippen LogP contribution in [0.15, 0.2) is 6.07 Å². The highest BCUT2D eigenvalue weighted by atomic mass is 15.3. The van der Waals surface area contributed by atoms with E-state index in [1.165, 1.54) is 37.8 Å². The van der Waals surface area contributed by atoms with Gasteiger partial charge in [0, 0.05) is 12.7 Å². The molecule has 0 aliphatic heterocycles. The van der Waals surface area contributed by atoms with Crippen LogP contribution in [0.2, 0.25) is 0 Å². The standard InChI is InChI=1S/C15H27N3/c1-4-13-5-7-15(11-16,8-6-13)10-14-9-12(2)17-18(14)3/h9,13H,4-8,10-11,16H2,1-3H3. The largest absolute Gasteiger partial charge is 0.330 e. The number of aryl methyl sites for hydroxylation is 2. The molecule has 1 fully saturated rings. The summed E-state index contributed by atoms with van der Waals surface area (Å²) in [6.07, 6.45) is 7.69. The Bertz CT molecular complexity index is 386. The zero-order chi connectivity index (χ0) is 13.2. The van der Waals surface area contributed by atoms with Gasteiger partial charge in [0.2, 0.25) is 0 Å². The van der Waals surface area contributed by atoms with E-state index in [-0.39, 0.29) is 0 Å². The highest BCUT2D eigenvalue weighted by Crippen LogP contribution is 2.41. The van der Waals surface area contributed by atoms with Crippen molar-refractivity contribution >= 4 is 0 Å². The monoisotopic (exact) mass is 249 g/mol. The van der Waals surface area contributed by atoms with E-state index >= 15 is 0 Å². The van der Waals surface area contributed by atoms with Gasteiger partial charge in [0.05, 0.1) is 5.69 Å². The minimum absolute atomic E-state index is 0.325. The summed E-state index contributed by atoms with van der Waals surface area (Å²) < 4.78 is 2.03. The van der Waals surface area contributed by atoms with Crippen molar-refractivity contribution in [1.82, 2.24) is 9.78 Å². The van der Waals surface area contributed by atoms with Crippen molar-refractivity contribution in [3.8, 4) is 0 Å². The van der Waals surface area contributed by atoms with Crippen LogP contribution in [0.4, 0.5) is 0 Å². The Balaban J connectivity index is 2.07. The quantitative estimate of drug-likeness (QED) is 0.891. The topological polar surface area (TPSA) is 43.8 Å². The molecule has 3 nitrogen and oxygen atoms in total. The second-order valence-corrected chi connectivity index (χ2v) is 6.13. The first-order valence-electron chi connectivity index (χ1n) is 7.28. The molecule has 1 aliphatic rings. The van der Waals surface area contributed by atoms with E-state index in [1.807, 2.05) is 11.7 Å². The van der Waals surface area contributed by atoms with Gasteiger partial charge in [0.15, 0.2) is 0 Å². The van der Waals surface area contributed by atoms with Crippen molar-refractivity contribution in [2.75, 3.05) is 6.54 Å². The third-order valence-corrected chi connectivity index (χ3v) is 4.83. The lowest BCUT2D eigenvalue weighted by atomic mass is 9.67. The molecule has 0 atom stereocenters. The Morgan fingerprint density at radius 2 is 2.11 bits per heavy atom. The zero-order valence-corrected chi connectivity index (χ0v) is 12.1. The number of aromatic nitrogens is 2. The molecule has 1 heterocycles. The van der Waals surface area contributed by atoms with Crippen LogP contribution >= 0.6 is 0 Å².